The van der Waals surface area contributed by atoms with Crippen LogP contribution in [-0.4, -0.2) is 69.5 Å². The second-order valence-corrected chi connectivity index (χ2v) is 8.36. The third-order valence-corrected chi connectivity index (χ3v) is 6.49. The van der Waals surface area contributed by atoms with E-state index in [2.05, 4.69) is 16.0 Å². The molecule has 2 saturated heterocycles. The van der Waals surface area contributed by atoms with Gasteiger partial charge < -0.3 is 32.3 Å². The summed E-state index contributed by atoms with van der Waals surface area (Å²) in [4.78, 5) is 33.5. The van der Waals surface area contributed by atoms with Gasteiger partial charge in [-0.15, -0.1) is 0 Å². The van der Waals surface area contributed by atoms with E-state index in [-0.39, 0.29) is 23.4 Å². The molecule has 154 valence electrons. The Balaban J connectivity index is 1.68. The maximum absolute atomic E-state index is 11.5. The van der Waals surface area contributed by atoms with Crippen LogP contribution in [0.4, 0.5) is 4.79 Å². The molecule has 2 fully saturated rings. The molecular formula is C16H29N5O5S. The monoisotopic (exact) mass is 403 g/mol. The molecule has 0 spiro atoms. The lowest BCUT2D eigenvalue weighted by atomic mass is 10.0. The van der Waals surface area contributed by atoms with E-state index in [0.29, 0.717) is 32.1 Å². The van der Waals surface area contributed by atoms with Crippen molar-refractivity contribution in [3.8, 4) is 0 Å². The Labute approximate surface area is 162 Å². The average molecular weight is 404 g/mol. The van der Waals surface area contributed by atoms with Crippen LogP contribution >= 0.6 is 11.8 Å². The van der Waals surface area contributed by atoms with Gasteiger partial charge in [-0.3, -0.25) is 14.9 Å². The molecule has 0 aromatic heterocycles. The van der Waals surface area contributed by atoms with E-state index in [1.165, 1.54) is 0 Å². The first-order chi connectivity index (χ1) is 12.8. The standard InChI is InChI=1S/C16H29N5O5S/c17-8(14(22)23)3-1-6-12(18)19-9(15(24)25)4-2-5-11-13-10(7-27-11)20-16(26)21-13/h8-13,19H,1-7,17-18H2,(H,22,23)(H,24,25)(H2,20,21,26)/t8-,9?,10-,11-,12?,13-/m0/s1. The van der Waals surface area contributed by atoms with Crippen LogP contribution in [0.1, 0.15) is 38.5 Å². The summed E-state index contributed by atoms with van der Waals surface area (Å²) in [7, 11) is 0. The summed E-state index contributed by atoms with van der Waals surface area (Å²) in [6, 6.07) is -1.54. The molecule has 2 aliphatic rings. The lowest BCUT2D eigenvalue weighted by Gasteiger charge is -2.22. The van der Waals surface area contributed by atoms with Crippen molar-refractivity contribution in [1.82, 2.24) is 16.0 Å². The number of hydrogen-bond donors (Lipinski definition) is 7. The number of carboxylic acid groups (broad SMARTS) is 2. The van der Waals surface area contributed by atoms with Crippen molar-refractivity contribution in [3.05, 3.63) is 0 Å². The number of thioether (sulfide) groups is 1. The molecule has 0 aliphatic carbocycles. The lowest BCUT2D eigenvalue weighted by Crippen LogP contribution is -2.48. The third-order valence-electron chi connectivity index (χ3n) is 4.98. The maximum atomic E-state index is 11.5. The van der Waals surface area contributed by atoms with E-state index < -0.39 is 30.2 Å². The summed E-state index contributed by atoms with van der Waals surface area (Å²) in [5.41, 5.74) is 11.4. The SMILES string of the molecule is NC(CCC[C@H](N)C(=O)O)NC(CCC[C@@H]1SC[C@@H]2NC(=O)N[C@@H]21)C(=O)O. The topological polar surface area (TPSA) is 180 Å². The van der Waals surface area contributed by atoms with Gasteiger partial charge >= 0.3 is 18.0 Å². The fourth-order valence-corrected chi connectivity index (χ4v) is 5.01. The van der Waals surface area contributed by atoms with Gasteiger partial charge in [0.25, 0.3) is 0 Å². The number of rotatable bonds is 12. The molecule has 2 rings (SSSR count). The summed E-state index contributed by atoms with van der Waals surface area (Å²) in [6.45, 7) is 0. The molecule has 6 atom stereocenters. The predicted octanol–water partition coefficient (Wildman–Crippen LogP) is -0.768. The van der Waals surface area contributed by atoms with Gasteiger partial charge in [-0.25, -0.2) is 4.79 Å². The average Bonchev–Trinajstić information content (AvgIpc) is 3.13. The van der Waals surface area contributed by atoms with Crippen LogP contribution in [0.5, 0.6) is 0 Å². The molecule has 0 aromatic rings. The van der Waals surface area contributed by atoms with Gasteiger partial charge in [0.15, 0.2) is 0 Å². The van der Waals surface area contributed by atoms with E-state index in [9.17, 15) is 19.5 Å². The number of hydrogen-bond acceptors (Lipinski definition) is 7. The van der Waals surface area contributed by atoms with E-state index >= 15 is 0 Å². The Morgan fingerprint density at radius 3 is 2.56 bits per heavy atom. The zero-order chi connectivity index (χ0) is 20.0. The molecule has 9 N–H and O–H groups in total. The zero-order valence-corrected chi connectivity index (χ0v) is 15.9. The summed E-state index contributed by atoms with van der Waals surface area (Å²) in [5.74, 6) is -1.14. The first kappa shape index (κ1) is 21.7. The Hall–Kier alpha value is -1.56. The number of aliphatic carboxylic acids is 2. The highest BCUT2D eigenvalue weighted by molar-refractivity contribution is 8.00. The summed E-state index contributed by atoms with van der Waals surface area (Å²) in [5, 5.41) is 27.1. The molecule has 27 heavy (non-hydrogen) atoms. The van der Waals surface area contributed by atoms with Crippen LogP contribution in [0.2, 0.25) is 0 Å². The number of nitrogens with two attached hydrogens (primary N) is 2. The first-order valence-corrected chi connectivity index (χ1v) is 10.2. The fraction of sp³-hybridized carbons (Fsp3) is 0.812. The van der Waals surface area contributed by atoms with E-state index in [0.717, 1.165) is 12.2 Å². The highest BCUT2D eigenvalue weighted by Crippen LogP contribution is 2.33. The Morgan fingerprint density at radius 1 is 1.15 bits per heavy atom. The molecule has 0 aromatic carbocycles. The molecule has 2 heterocycles. The van der Waals surface area contributed by atoms with Crippen molar-refractivity contribution >= 4 is 29.7 Å². The lowest BCUT2D eigenvalue weighted by molar-refractivity contribution is -0.140. The minimum atomic E-state index is -1.05. The van der Waals surface area contributed by atoms with Crippen LogP contribution in [0.15, 0.2) is 0 Å². The number of amides is 2. The Kier molecular flexibility index (Phi) is 8.14. The molecule has 0 radical (unpaired) electrons. The number of carboxylic acids is 2. The van der Waals surface area contributed by atoms with Crippen LogP contribution in [-0.2, 0) is 9.59 Å². The summed E-state index contributed by atoms with van der Waals surface area (Å²) in [6.07, 6.45) is 2.68. The van der Waals surface area contributed by atoms with Gasteiger partial charge in [0.05, 0.1) is 18.2 Å². The molecule has 0 saturated carbocycles. The van der Waals surface area contributed by atoms with Crippen LogP contribution < -0.4 is 27.4 Å². The van der Waals surface area contributed by atoms with Crippen molar-refractivity contribution in [1.29, 1.82) is 0 Å². The molecule has 2 aliphatic heterocycles. The second kappa shape index (κ2) is 10.1. The van der Waals surface area contributed by atoms with Gasteiger partial charge in [-0.05, 0) is 32.1 Å². The smallest absolute Gasteiger partial charge is 0.320 e. The van der Waals surface area contributed by atoms with Crippen molar-refractivity contribution in [2.75, 3.05) is 5.75 Å². The van der Waals surface area contributed by atoms with Crippen molar-refractivity contribution < 1.29 is 24.6 Å². The quantitative estimate of drug-likeness (QED) is 0.163. The predicted molar refractivity (Wildman–Crippen MR) is 101 cm³/mol. The molecule has 0 bridgehead atoms. The molecule has 2 amide bonds. The number of carbonyl (C=O) groups is 3. The van der Waals surface area contributed by atoms with Crippen molar-refractivity contribution in [2.24, 2.45) is 11.5 Å². The Bertz CT molecular complexity index is 551. The first-order valence-electron chi connectivity index (χ1n) is 9.19. The van der Waals surface area contributed by atoms with E-state index in [4.69, 9.17) is 16.6 Å². The third kappa shape index (κ3) is 6.52. The second-order valence-electron chi connectivity index (χ2n) is 7.09. The van der Waals surface area contributed by atoms with Crippen LogP contribution in [0.25, 0.3) is 0 Å². The van der Waals surface area contributed by atoms with Gasteiger partial charge in [0.1, 0.15) is 12.1 Å². The number of carbonyl (C=O) groups excluding carboxylic acids is 1. The van der Waals surface area contributed by atoms with Crippen LogP contribution in [0.3, 0.4) is 0 Å². The van der Waals surface area contributed by atoms with Gasteiger partial charge in [0, 0.05) is 11.0 Å². The summed E-state index contributed by atoms with van der Waals surface area (Å²) < 4.78 is 0. The molecule has 2 unspecified atom stereocenters. The van der Waals surface area contributed by atoms with Crippen molar-refractivity contribution in [3.63, 3.8) is 0 Å². The minimum Gasteiger partial charge on any atom is -0.480 e. The number of nitrogens with one attached hydrogen (secondary N) is 3. The fourth-order valence-electron chi connectivity index (χ4n) is 3.47. The molecule has 10 nitrogen and oxygen atoms in total. The van der Waals surface area contributed by atoms with Crippen LogP contribution in [0, 0.1) is 0 Å². The minimum absolute atomic E-state index is 0.111. The highest BCUT2D eigenvalue weighted by atomic mass is 32.2. The number of urea groups is 1. The van der Waals surface area contributed by atoms with E-state index in [1.807, 2.05) is 0 Å². The molecular weight excluding hydrogens is 374 g/mol. The zero-order valence-electron chi connectivity index (χ0n) is 15.1. The largest absolute Gasteiger partial charge is 0.480 e. The van der Waals surface area contributed by atoms with Crippen molar-refractivity contribution in [2.45, 2.75) is 74.1 Å². The highest BCUT2D eigenvalue weighted by Gasteiger charge is 2.42. The Morgan fingerprint density at radius 2 is 1.89 bits per heavy atom. The van der Waals surface area contributed by atoms with Gasteiger partial charge in [-0.1, -0.05) is 6.42 Å². The van der Waals surface area contributed by atoms with Gasteiger partial charge in [0.2, 0.25) is 0 Å². The van der Waals surface area contributed by atoms with Gasteiger partial charge in [-0.2, -0.15) is 11.8 Å². The summed E-state index contributed by atoms with van der Waals surface area (Å²) >= 11 is 1.80. The normalized spacial score (nSPS) is 27.3. The van der Waals surface area contributed by atoms with E-state index in [1.54, 1.807) is 11.8 Å². The number of fused-ring (bicyclic) bond motifs is 1. The maximum Gasteiger partial charge on any atom is 0.320 e. The molecule has 11 heteroatoms.